The minimum Gasteiger partial charge on any atom is -0.315 e. The highest BCUT2D eigenvalue weighted by Gasteiger charge is 2.05. The highest BCUT2D eigenvalue weighted by Crippen LogP contribution is 2.11. The third kappa shape index (κ3) is 17.3. The molecule has 0 bridgehead atoms. The fourth-order valence-electron chi connectivity index (χ4n) is 3.28. The molecule has 0 spiro atoms. The molecule has 4 N–H and O–H groups in total. The van der Waals surface area contributed by atoms with E-state index in [9.17, 15) is 0 Å². The average molecular weight is 371 g/mol. The Hall–Kier alpha value is -0.160. The Labute approximate surface area is 165 Å². The fourth-order valence-corrected chi connectivity index (χ4v) is 3.28. The molecule has 0 aliphatic rings. The number of rotatable bonds is 21. The first-order chi connectivity index (χ1) is 12.8. The second-order valence-electron chi connectivity index (χ2n) is 7.74. The monoisotopic (exact) mass is 370 g/mol. The van der Waals surface area contributed by atoms with Crippen LogP contribution in [0.2, 0.25) is 0 Å². The smallest absolute Gasteiger partial charge is 0.00772 e. The van der Waals surface area contributed by atoms with Crippen molar-refractivity contribution >= 4 is 0 Å². The summed E-state index contributed by atoms with van der Waals surface area (Å²) in [5.74, 6) is 1.72. The van der Waals surface area contributed by atoms with Gasteiger partial charge in [-0.15, -0.1) is 0 Å². The molecule has 0 saturated carbocycles. The van der Waals surface area contributed by atoms with Gasteiger partial charge in [0.05, 0.1) is 0 Å². The molecule has 0 fully saturated rings. The molecule has 26 heavy (non-hydrogen) atoms. The van der Waals surface area contributed by atoms with Crippen LogP contribution in [0.15, 0.2) is 0 Å². The van der Waals surface area contributed by atoms with Gasteiger partial charge in [0, 0.05) is 39.3 Å². The standard InChI is InChI=1S/C22H50N4/c1-5-9-11-21(7-3)19-25-17-15-23-13-14-24-16-18-26-20-22(8-4)12-10-6-2/h21-26H,5-20H2,1-4H3. The van der Waals surface area contributed by atoms with Gasteiger partial charge in [-0.3, -0.25) is 0 Å². The molecule has 0 saturated heterocycles. The predicted molar refractivity (Wildman–Crippen MR) is 118 cm³/mol. The van der Waals surface area contributed by atoms with E-state index < -0.39 is 0 Å². The van der Waals surface area contributed by atoms with E-state index in [4.69, 9.17) is 0 Å². The third-order valence-corrected chi connectivity index (χ3v) is 5.39. The van der Waals surface area contributed by atoms with Gasteiger partial charge in [0.15, 0.2) is 0 Å². The van der Waals surface area contributed by atoms with E-state index in [2.05, 4.69) is 49.0 Å². The SMILES string of the molecule is CCCCC(CC)CNCCNCCNCCNCC(CC)CCCC. The van der Waals surface area contributed by atoms with E-state index in [1.165, 1.54) is 64.5 Å². The number of nitrogens with one attached hydrogen (secondary N) is 4. The molecule has 0 aromatic rings. The van der Waals surface area contributed by atoms with Crippen LogP contribution in [0.4, 0.5) is 0 Å². The zero-order valence-corrected chi connectivity index (χ0v) is 18.5. The summed E-state index contributed by atoms with van der Waals surface area (Å²) in [6.07, 6.45) is 10.7. The van der Waals surface area contributed by atoms with Gasteiger partial charge in [-0.1, -0.05) is 66.2 Å². The van der Waals surface area contributed by atoms with Gasteiger partial charge in [-0.05, 0) is 37.8 Å². The second kappa shape index (κ2) is 21.1. The maximum Gasteiger partial charge on any atom is 0.00772 e. The zero-order chi connectivity index (χ0) is 19.3. The summed E-state index contributed by atoms with van der Waals surface area (Å²) < 4.78 is 0. The van der Waals surface area contributed by atoms with Crippen molar-refractivity contribution in [3.8, 4) is 0 Å². The van der Waals surface area contributed by atoms with Crippen molar-refractivity contribution in [2.24, 2.45) is 11.8 Å². The second-order valence-corrected chi connectivity index (χ2v) is 7.74. The fraction of sp³-hybridized carbons (Fsp3) is 1.00. The molecule has 158 valence electrons. The van der Waals surface area contributed by atoms with E-state index in [0.29, 0.717) is 0 Å². The van der Waals surface area contributed by atoms with Gasteiger partial charge in [-0.2, -0.15) is 0 Å². The number of hydrogen-bond donors (Lipinski definition) is 4. The minimum absolute atomic E-state index is 0.860. The highest BCUT2D eigenvalue weighted by molar-refractivity contribution is 4.63. The van der Waals surface area contributed by atoms with Gasteiger partial charge in [0.25, 0.3) is 0 Å². The summed E-state index contributed by atoms with van der Waals surface area (Å²) in [7, 11) is 0. The van der Waals surface area contributed by atoms with Crippen LogP contribution in [0.1, 0.15) is 79.1 Å². The van der Waals surface area contributed by atoms with Crippen LogP contribution in [0.5, 0.6) is 0 Å². The Balaban J connectivity index is 3.28. The molecule has 2 atom stereocenters. The van der Waals surface area contributed by atoms with Gasteiger partial charge < -0.3 is 21.3 Å². The van der Waals surface area contributed by atoms with Crippen LogP contribution in [0.3, 0.4) is 0 Å². The lowest BCUT2D eigenvalue weighted by Crippen LogP contribution is -2.36. The summed E-state index contributed by atoms with van der Waals surface area (Å²) in [6.45, 7) is 18.0. The van der Waals surface area contributed by atoms with Crippen LogP contribution in [0.25, 0.3) is 0 Å². The largest absolute Gasteiger partial charge is 0.315 e. The van der Waals surface area contributed by atoms with Crippen LogP contribution in [-0.2, 0) is 0 Å². The van der Waals surface area contributed by atoms with Crippen LogP contribution in [-0.4, -0.2) is 52.4 Å². The summed E-state index contributed by atoms with van der Waals surface area (Å²) in [5.41, 5.74) is 0. The average Bonchev–Trinajstić information content (AvgIpc) is 2.67. The van der Waals surface area contributed by atoms with Crippen LogP contribution in [0, 0.1) is 11.8 Å². The first kappa shape index (κ1) is 25.8. The molecule has 0 rings (SSSR count). The van der Waals surface area contributed by atoms with E-state index in [0.717, 1.165) is 51.1 Å². The normalized spacial score (nSPS) is 13.8. The first-order valence-corrected chi connectivity index (χ1v) is 11.6. The molecule has 4 nitrogen and oxygen atoms in total. The molecule has 0 heterocycles. The lowest BCUT2D eigenvalue weighted by atomic mass is 9.99. The number of hydrogen-bond acceptors (Lipinski definition) is 4. The maximum atomic E-state index is 3.60. The predicted octanol–water partition coefficient (Wildman–Crippen LogP) is 3.78. The van der Waals surface area contributed by atoms with Crippen molar-refractivity contribution in [2.75, 3.05) is 52.4 Å². The molecule has 0 aliphatic heterocycles. The minimum atomic E-state index is 0.860. The Morgan fingerprint density at radius 2 is 0.846 bits per heavy atom. The van der Waals surface area contributed by atoms with Crippen molar-refractivity contribution in [1.82, 2.24) is 21.3 Å². The molecule has 0 radical (unpaired) electrons. The Kier molecular flexibility index (Phi) is 21.0. The van der Waals surface area contributed by atoms with Crippen molar-refractivity contribution in [1.29, 1.82) is 0 Å². The van der Waals surface area contributed by atoms with Crippen molar-refractivity contribution in [3.05, 3.63) is 0 Å². The zero-order valence-electron chi connectivity index (χ0n) is 18.5. The maximum absolute atomic E-state index is 3.60. The summed E-state index contributed by atoms with van der Waals surface area (Å²) >= 11 is 0. The lowest BCUT2D eigenvalue weighted by Gasteiger charge is -2.16. The molecule has 0 amide bonds. The Bertz CT molecular complexity index is 235. The van der Waals surface area contributed by atoms with Gasteiger partial charge in [0.2, 0.25) is 0 Å². The van der Waals surface area contributed by atoms with Crippen molar-refractivity contribution in [2.45, 2.75) is 79.1 Å². The summed E-state index contributed by atoms with van der Waals surface area (Å²) in [4.78, 5) is 0. The first-order valence-electron chi connectivity index (χ1n) is 11.6. The Morgan fingerprint density at radius 3 is 1.15 bits per heavy atom. The molecule has 0 aromatic heterocycles. The molecule has 4 heteroatoms. The van der Waals surface area contributed by atoms with Crippen molar-refractivity contribution < 1.29 is 0 Å². The molecule has 0 aliphatic carbocycles. The quantitative estimate of drug-likeness (QED) is 0.232. The van der Waals surface area contributed by atoms with Crippen LogP contribution < -0.4 is 21.3 Å². The summed E-state index contributed by atoms with van der Waals surface area (Å²) in [6, 6.07) is 0. The van der Waals surface area contributed by atoms with Gasteiger partial charge in [0.1, 0.15) is 0 Å². The molecular formula is C22H50N4. The molecule has 0 aromatic carbocycles. The lowest BCUT2D eigenvalue weighted by molar-refractivity contribution is 0.415. The molecule has 2 unspecified atom stereocenters. The van der Waals surface area contributed by atoms with Gasteiger partial charge in [-0.25, -0.2) is 0 Å². The number of unbranched alkanes of at least 4 members (excludes halogenated alkanes) is 2. The Morgan fingerprint density at radius 1 is 0.500 bits per heavy atom. The van der Waals surface area contributed by atoms with Crippen molar-refractivity contribution in [3.63, 3.8) is 0 Å². The topological polar surface area (TPSA) is 48.1 Å². The van der Waals surface area contributed by atoms with E-state index in [-0.39, 0.29) is 0 Å². The third-order valence-electron chi connectivity index (χ3n) is 5.39. The van der Waals surface area contributed by atoms with Crippen LogP contribution >= 0.6 is 0 Å². The van der Waals surface area contributed by atoms with E-state index in [1.807, 2.05) is 0 Å². The molecular weight excluding hydrogens is 320 g/mol. The van der Waals surface area contributed by atoms with E-state index >= 15 is 0 Å². The van der Waals surface area contributed by atoms with E-state index in [1.54, 1.807) is 0 Å². The van der Waals surface area contributed by atoms with Gasteiger partial charge >= 0.3 is 0 Å². The summed E-state index contributed by atoms with van der Waals surface area (Å²) in [5, 5.41) is 14.2. The highest BCUT2D eigenvalue weighted by atomic mass is 15.0.